The first kappa shape index (κ1) is 30.5. The minimum atomic E-state index is -0.606. The Morgan fingerprint density at radius 3 is 2.28 bits per heavy atom. The number of benzene rings is 2. The first-order chi connectivity index (χ1) is 18.1. The third-order valence-corrected chi connectivity index (χ3v) is 6.71. The predicted octanol–water partition coefficient (Wildman–Crippen LogP) is 4.73. The van der Waals surface area contributed by atoms with Crippen molar-refractivity contribution in [3.8, 4) is 22.5 Å². The minimum Gasteiger partial charge on any atom is -0.297 e. The summed E-state index contributed by atoms with van der Waals surface area (Å²) in [4.78, 5) is 45.3. The van der Waals surface area contributed by atoms with Crippen LogP contribution in [0.1, 0.15) is 63.2 Å². The number of carbonyl (C=O) groups excluding carboxylic acids is 1. The summed E-state index contributed by atoms with van der Waals surface area (Å²) in [5, 5.41) is 3.83. The van der Waals surface area contributed by atoms with E-state index in [0.29, 0.717) is 23.6 Å². The number of rotatable bonds is 9. The van der Waals surface area contributed by atoms with Crippen LogP contribution >= 0.6 is 0 Å². The van der Waals surface area contributed by atoms with Gasteiger partial charge in [-0.2, -0.15) is 0 Å². The number of unbranched alkanes of at least 4 members (excludes halogenated alkanes) is 1. The molecule has 0 fully saturated rings. The maximum absolute atomic E-state index is 13.7. The Morgan fingerprint density at radius 2 is 1.69 bits per heavy atom. The summed E-state index contributed by atoms with van der Waals surface area (Å²) in [6.45, 7) is 9.51. The van der Waals surface area contributed by atoms with Gasteiger partial charge in [0.2, 0.25) is 0 Å². The summed E-state index contributed by atoms with van der Waals surface area (Å²) < 4.78 is 6.20. The van der Waals surface area contributed by atoms with Crippen molar-refractivity contribution in [3.05, 3.63) is 92.1 Å². The first-order valence-corrected chi connectivity index (χ1v) is 13.0. The number of aromatic amines is 1. The molecule has 0 aliphatic heterocycles. The summed E-state index contributed by atoms with van der Waals surface area (Å²) in [5.41, 5.74) is 4.31. The molecule has 0 bridgehead atoms. The number of hydrogen-bond acceptors (Lipinski definition) is 6. The standard InChI is InChI=1S/C30H34N4O4.Na/c1-6-7-12-25-24(28(36)34(19(2)31-25)18-26(35)30(3,4)5)17-20-13-15-21(16-14-20)22-10-8-9-11-23(22)27-32-29(37)38-33-27;/h8-11,13-16H,6-7,12,17-18H2,1-5H3,(H,32,33,37);. The van der Waals surface area contributed by atoms with E-state index in [1.54, 1.807) is 6.92 Å². The molecule has 1 radical (unpaired) electrons. The van der Waals surface area contributed by atoms with E-state index >= 15 is 0 Å². The van der Waals surface area contributed by atoms with Gasteiger partial charge in [0.1, 0.15) is 5.82 Å². The number of H-pyrrole nitrogens is 1. The van der Waals surface area contributed by atoms with Crippen LogP contribution in [0.15, 0.2) is 62.6 Å². The number of nitrogens with one attached hydrogen (secondary N) is 1. The maximum Gasteiger partial charge on any atom is 0.439 e. The summed E-state index contributed by atoms with van der Waals surface area (Å²) in [5.74, 6) is 0.324. The van der Waals surface area contributed by atoms with Crippen molar-refractivity contribution < 1.29 is 9.32 Å². The molecule has 0 spiro atoms. The second kappa shape index (κ2) is 12.9. The Balaban J connectivity index is 0.00000420. The number of ketones is 1. The third-order valence-electron chi connectivity index (χ3n) is 6.71. The van der Waals surface area contributed by atoms with Gasteiger partial charge in [-0.05, 0) is 36.5 Å². The Morgan fingerprint density at radius 1 is 1.03 bits per heavy atom. The molecule has 0 aliphatic carbocycles. The SMILES string of the molecule is CCCCc1nc(C)n(CC(=O)C(C)(C)C)c(=O)c1Cc1ccc(-c2ccccc2-c2noc(=O)[nH]2)cc1.[Na]. The van der Waals surface area contributed by atoms with Gasteiger partial charge in [0.15, 0.2) is 11.6 Å². The molecule has 2 aromatic carbocycles. The van der Waals surface area contributed by atoms with E-state index in [4.69, 9.17) is 4.98 Å². The van der Waals surface area contributed by atoms with Crippen LogP contribution in [0.5, 0.6) is 0 Å². The van der Waals surface area contributed by atoms with Crippen molar-refractivity contribution in [2.75, 3.05) is 0 Å². The molecule has 39 heavy (non-hydrogen) atoms. The smallest absolute Gasteiger partial charge is 0.297 e. The molecule has 4 rings (SSSR count). The fourth-order valence-electron chi connectivity index (χ4n) is 4.35. The molecule has 4 aromatic rings. The van der Waals surface area contributed by atoms with Crippen LogP contribution in [-0.2, 0) is 24.2 Å². The number of aromatic nitrogens is 4. The van der Waals surface area contributed by atoms with E-state index in [9.17, 15) is 14.4 Å². The van der Waals surface area contributed by atoms with Crippen LogP contribution in [0.3, 0.4) is 0 Å². The quantitative estimate of drug-likeness (QED) is 0.309. The monoisotopic (exact) mass is 537 g/mol. The largest absolute Gasteiger partial charge is 0.439 e. The molecule has 0 amide bonds. The van der Waals surface area contributed by atoms with Crippen LogP contribution in [0, 0.1) is 12.3 Å². The zero-order valence-corrected chi connectivity index (χ0v) is 25.6. The number of aryl methyl sites for hydroxylation is 2. The average molecular weight is 538 g/mol. The van der Waals surface area contributed by atoms with Crippen LogP contribution < -0.4 is 11.3 Å². The maximum atomic E-state index is 13.7. The summed E-state index contributed by atoms with van der Waals surface area (Å²) in [6, 6.07) is 15.6. The Hall–Kier alpha value is -3.07. The first-order valence-electron chi connectivity index (χ1n) is 13.0. The van der Waals surface area contributed by atoms with Gasteiger partial charge in [0.05, 0.1) is 12.2 Å². The van der Waals surface area contributed by atoms with Crippen molar-refractivity contribution in [3.63, 3.8) is 0 Å². The van der Waals surface area contributed by atoms with Gasteiger partial charge >= 0.3 is 5.76 Å². The molecule has 2 aromatic heterocycles. The number of Topliss-reactive ketones (excluding diaryl/α,β-unsaturated/α-hetero) is 1. The second-order valence-corrected chi connectivity index (χ2v) is 10.6. The van der Waals surface area contributed by atoms with E-state index in [-0.39, 0.29) is 47.4 Å². The molecule has 199 valence electrons. The van der Waals surface area contributed by atoms with Crippen LogP contribution in [-0.4, -0.2) is 55.0 Å². The van der Waals surface area contributed by atoms with Crippen LogP contribution in [0.2, 0.25) is 0 Å². The van der Waals surface area contributed by atoms with Gasteiger partial charge < -0.3 is 0 Å². The number of nitrogens with zero attached hydrogens (tertiary/aromatic N) is 3. The van der Waals surface area contributed by atoms with Gasteiger partial charge in [-0.3, -0.25) is 23.7 Å². The molecule has 0 saturated carbocycles. The molecule has 8 nitrogen and oxygen atoms in total. The minimum absolute atomic E-state index is 0. The fraction of sp³-hybridized carbons (Fsp3) is 0.367. The van der Waals surface area contributed by atoms with Crippen LogP contribution in [0.25, 0.3) is 22.5 Å². The molecule has 0 saturated heterocycles. The zero-order valence-electron chi connectivity index (χ0n) is 23.6. The van der Waals surface area contributed by atoms with Crippen LogP contribution in [0.4, 0.5) is 0 Å². The second-order valence-electron chi connectivity index (χ2n) is 10.6. The predicted molar refractivity (Wildman–Crippen MR) is 153 cm³/mol. The molecule has 0 unspecified atom stereocenters. The van der Waals surface area contributed by atoms with Crippen molar-refractivity contribution in [2.45, 2.75) is 66.8 Å². The summed E-state index contributed by atoms with van der Waals surface area (Å²) in [7, 11) is 0. The zero-order chi connectivity index (χ0) is 27.4. The van der Waals surface area contributed by atoms with E-state index in [1.807, 2.05) is 69.3 Å². The van der Waals surface area contributed by atoms with Gasteiger partial charge in [-0.15, -0.1) is 0 Å². The average Bonchev–Trinajstić information content (AvgIpc) is 3.33. The van der Waals surface area contributed by atoms with Gasteiger partial charge in [-0.25, -0.2) is 9.78 Å². The molecule has 0 aliphatic rings. The van der Waals surface area contributed by atoms with E-state index in [0.717, 1.165) is 47.2 Å². The Labute approximate surface area is 250 Å². The molecule has 0 atom stereocenters. The van der Waals surface area contributed by atoms with Gasteiger partial charge in [0.25, 0.3) is 5.56 Å². The third kappa shape index (κ3) is 7.12. The van der Waals surface area contributed by atoms with E-state index in [2.05, 4.69) is 21.6 Å². The van der Waals surface area contributed by atoms with E-state index < -0.39 is 11.2 Å². The Bertz CT molecular complexity index is 1560. The van der Waals surface area contributed by atoms with E-state index in [1.165, 1.54) is 4.57 Å². The van der Waals surface area contributed by atoms with Gasteiger partial charge in [-0.1, -0.05) is 87.8 Å². The Kier molecular flexibility index (Phi) is 10.0. The molecular formula is C30H34N4NaO4. The summed E-state index contributed by atoms with van der Waals surface area (Å²) in [6.07, 6.45) is 3.07. The number of hydrogen-bond donors (Lipinski definition) is 1. The number of carbonyl (C=O) groups is 1. The van der Waals surface area contributed by atoms with Crippen molar-refractivity contribution in [1.82, 2.24) is 19.7 Å². The van der Waals surface area contributed by atoms with Crippen molar-refractivity contribution in [2.24, 2.45) is 5.41 Å². The molecular weight excluding hydrogens is 503 g/mol. The topological polar surface area (TPSA) is 111 Å². The fourth-order valence-corrected chi connectivity index (χ4v) is 4.35. The molecule has 9 heteroatoms. The molecule has 1 N–H and O–H groups in total. The van der Waals surface area contributed by atoms with Crippen molar-refractivity contribution in [1.29, 1.82) is 0 Å². The summed E-state index contributed by atoms with van der Waals surface area (Å²) >= 11 is 0. The molecule has 2 heterocycles. The van der Waals surface area contributed by atoms with Crippen molar-refractivity contribution >= 4 is 35.3 Å². The van der Waals surface area contributed by atoms with Gasteiger partial charge in [0, 0.05) is 52.5 Å². The normalized spacial score (nSPS) is 11.3.